The highest BCUT2D eigenvalue weighted by Gasteiger charge is 2.62. The fraction of sp³-hybridized carbons (Fsp3) is 0.560. The quantitative estimate of drug-likeness (QED) is 0.294. The molecule has 0 bridgehead atoms. The minimum atomic E-state index is -0.803. The van der Waals surface area contributed by atoms with E-state index in [0.29, 0.717) is 17.7 Å². The zero-order chi connectivity index (χ0) is 20.9. The van der Waals surface area contributed by atoms with E-state index in [1.807, 2.05) is 18.4 Å². The number of hydrogen-bond donors (Lipinski definition) is 2. The monoisotopic (exact) mass is 427 g/mol. The summed E-state index contributed by atoms with van der Waals surface area (Å²) in [5.41, 5.74) is 5.62. The summed E-state index contributed by atoms with van der Waals surface area (Å²) < 4.78 is 5.67. The molecule has 4 aliphatic rings. The lowest BCUT2D eigenvalue weighted by Crippen LogP contribution is -2.52. The first kappa shape index (κ1) is 20.1. The van der Waals surface area contributed by atoms with Gasteiger partial charge >= 0.3 is 0 Å². The molecule has 2 fully saturated rings. The van der Waals surface area contributed by atoms with Gasteiger partial charge in [-0.05, 0) is 66.2 Å². The molecule has 5 atom stereocenters. The highest BCUT2D eigenvalue weighted by Crippen LogP contribution is 2.66. The molecule has 0 radical (unpaired) electrons. The van der Waals surface area contributed by atoms with Crippen LogP contribution in [-0.2, 0) is 4.74 Å². The number of ether oxygens (including phenoxy) is 1. The van der Waals surface area contributed by atoms with Crippen molar-refractivity contribution in [2.75, 3.05) is 12.5 Å². The van der Waals surface area contributed by atoms with Crippen LogP contribution < -0.4 is 0 Å². The molecule has 2 saturated carbocycles. The van der Waals surface area contributed by atoms with Crippen molar-refractivity contribution in [1.82, 2.24) is 0 Å². The van der Waals surface area contributed by atoms with Crippen LogP contribution in [-0.4, -0.2) is 34.6 Å². The van der Waals surface area contributed by atoms with Gasteiger partial charge in [-0.25, -0.2) is 0 Å². The zero-order valence-electron chi connectivity index (χ0n) is 17.5. The molecule has 3 aliphatic carbocycles. The third-order valence-corrected chi connectivity index (χ3v) is 9.00. The number of oxime groups is 1. The van der Waals surface area contributed by atoms with Crippen LogP contribution >= 0.6 is 11.6 Å². The summed E-state index contributed by atoms with van der Waals surface area (Å²) in [6, 6.07) is 8.33. The highest BCUT2D eigenvalue weighted by atomic mass is 35.5. The largest absolute Gasteiger partial charge is 0.501 e. The number of benzene rings is 1. The van der Waals surface area contributed by atoms with Crippen molar-refractivity contribution in [3.8, 4) is 0 Å². The first-order valence-corrected chi connectivity index (χ1v) is 11.6. The molecule has 2 unspecified atom stereocenters. The summed E-state index contributed by atoms with van der Waals surface area (Å²) >= 11 is 6.37. The predicted molar refractivity (Wildman–Crippen MR) is 118 cm³/mol. The number of fused-ring (bicyclic) bond motifs is 4. The van der Waals surface area contributed by atoms with Gasteiger partial charge in [0.25, 0.3) is 0 Å². The van der Waals surface area contributed by atoms with Crippen LogP contribution in [0.1, 0.15) is 62.5 Å². The average Bonchev–Trinajstić information content (AvgIpc) is 3.05. The van der Waals surface area contributed by atoms with E-state index in [4.69, 9.17) is 21.5 Å². The molecule has 1 aromatic carbocycles. The van der Waals surface area contributed by atoms with E-state index in [-0.39, 0.29) is 11.3 Å². The summed E-state index contributed by atoms with van der Waals surface area (Å²) in [4.78, 5) is 0. The average molecular weight is 428 g/mol. The van der Waals surface area contributed by atoms with Crippen LogP contribution in [0.15, 0.2) is 52.4 Å². The third kappa shape index (κ3) is 2.87. The van der Waals surface area contributed by atoms with Crippen LogP contribution in [0.2, 0.25) is 0 Å². The summed E-state index contributed by atoms with van der Waals surface area (Å²) in [5, 5.41) is 23.5. The Morgan fingerprint density at radius 3 is 2.77 bits per heavy atom. The van der Waals surface area contributed by atoms with Gasteiger partial charge in [0.05, 0.1) is 30.6 Å². The van der Waals surface area contributed by atoms with Crippen molar-refractivity contribution >= 4 is 17.8 Å². The molecule has 160 valence electrons. The van der Waals surface area contributed by atoms with Crippen molar-refractivity contribution in [3.63, 3.8) is 0 Å². The van der Waals surface area contributed by atoms with Gasteiger partial charge < -0.3 is 15.1 Å². The molecular weight excluding hydrogens is 398 g/mol. The van der Waals surface area contributed by atoms with Crippen molar-refractivity contribution in [3.05, 3.63) is 58.4 Å². The summed E-state index contributed by atoms with van der Waals surface area (Å²) in [6.07, 6.45) is 9.36. The number of alkyl halides is 1. The SMILES string of the molecule is C[C@]12C[C@H](c3ccc(C=NO)cc3)C3=C4CCOC=C4CCC3C1CC[C@@]2(O)CCl. The van der Waals surface area contributed by atoms with Gasteiger partial charge in [0.1, 0.15) is 0 Å². The molecule has 5 rings (SSSR count). The molecule has 30 heavy (non-hydrogen) atoms. The molecule has 1 heterocycles. The van der Waals surface area contributed by atoms with E-state index in [2.05, 4.69) is 24.2 Å². The molecule has 1 aromatic rings. The third-order valence-electron chi connectivity index (χ3n) is 8.56. The second-order valence-electron chi connectivity index (χ2n) is 9.74. The molecule has 0 saturated heterocycles. The van der Waals surface area contributed by atoms with E-state index >= 15 is 0 Å². The molecule has 5 heteroatoms. The predicted octanol–water partition coefficient (Wildman–Crippen LogP) is 5.38. The zero-order valence-corrected chi connectivity index (χ0v) is 18.2. The molecule has 0 amide bonds. The van der Waals surface area contributed by atoms with Gasteiger partial charge in [-0.1, -0.05) is 41.9 Å². The Morgan fingerprint density at radius 2 is 2.03 bits per heavy atom. The smallest absolute Gasteiger partial charge is 0.0913 e. The lowest BCUT2D eigenvalue weighted by molar-refractivity contribution is -0.0768. The van der Waals surface area contributed by atoms with Gasteiger partial charge in [-0.3, -0.25) is 0 Å². The van der Waals surface area contributed by atoms with E-state index in [1.54, 1.807) is 5.57 Å². The normalized spacial score (nSPS) is 38.0. The van der Waals surface area contributed by atoms with Crippen molar-refractivity contribution < 1.29 is 15.1 Å². The van der Waals surface area contributed by atoms with E-state index < -0.39 is 5.60 Å². The molecule has 4 nitrogen and oxygen atoms in total. The first-order valence-electron chi connectivity index (χ1n) is 11.1. The van der Waals surface area contributed by atoms with E-state index in [0.717, 1.165) is 50.7 Å². The number of allylic oxidation sites excluding steroid dienone is 2. The minimum Gasteiger partial charge on any atom is -0.501 e. The van der Waals surface area contributed by atoms with Gasteiger partial charge in [0.15, 0.2) is 0 Å². The Morgan fingerprint density at radius 1 is 1.23 bits per heavy atom. The van der Waals surface area contributed by atoms with E-state index in [1.165, 1.54) is 22.9 Å². The van der Waals surface area contributed by atoms with Crippen molar-refractivity contribution in [1.29, 1.82) is 0 Å². The number of hydrogen-bond acceptors (Lipinski definition) is 4. The Kier molecular flexibility index (Phi) is 4.98. The van der Waals surface area contributed by atoms with Crippen LogP contribution in [0.3, 0.4) is 0 Å². The summed E-state index contributed by atoms with van der Waals surface area (Å²) in [6.45, 7) is 3.03. The molecule has 0 spiro atoms. The van der Waals surface area contributed by atoms with Gasteiger partial charge in [-0.15, -0.1) is 11.6 Å². The van der Waals surface area contributed by atoms with Crippen molar-refractivity contribution in [2.24, 2.45) is 22.4 Å². The number of rotatable bonds is 3. The second kappa shape index (κ2) is 7.42. The van der Waals surface area contributed by atoms with Crippen molar-refractivity contribution in [2.45, 2.75) is 57.0 Å². The fourth-order valence-electron chi connectivity index (χ4n) is 6.93. The topological polar surface area (TPSA) is 62.1 Å². The maximum absolute atomic E-state index is 11.5. The van der Waals surface area contributed by atoms with Gasteiger partial charge in [0.2, 0.25) is 0 Å². The van der Waals surface area contributed by atoms with Crippen LogP contribution in [0, 0.1) is 17.3 Å². The van der Waals surface area contributed by atoms with Gasteiger partial charge in [-0.2, -0.15) is 0 Å². The first-order chi connectivity index (χ1) is 14.5. The summed E-state index contributed by atoms with van der Waals surface area (Å²) in [5.74, 6) is 1.54. The molecule has 0 aromatic heterocycles. The van der Waals surface area contributed by atoms with Crippen LogP contribution in [0.4, 0.5) is 0 Å². The Bertz CT molecular complexity index is 921. The number of halogens is 1. The fourth-order valence-corrected chi connectivity index (χ4v) is 7.37. The number of nitrogens with zero attached hydrogens (tertiary/aromatic N) is 1. The number of aliphatic hydroxyl groups is 1. The molecule has 2 N–H and O–H groups in total. The summed E-state index contributed by atoms with van der Waals surface area (Å²) in [7, 11) is 0. The Labute approximate surface area is 183 Å². The van der Waals surface area contributed by atoms with Gasteiger partial charge in [0, 0.05) is 17.8 Å². The Hall–Kier alpha value is -1.78. The minimum absolute atomic E-state index is 0.189. The maximum atomic E-state index is 11.5. The second-order valence-corrected chi connectivity index (χ2v) is 10.0. The maximum Gasteiger partial charge on any atom is 0.0913 e. The van der Waals surface area contributed by atoms with E-state index in [9.17, 15) is 5.11 Å². The lowest BCUT2D eigenvalue weighted by Gasteiger charge is -2.54. The molecular formula is C25H30ClNO3. The standard InChI is InChI=1S/C25H30ClNO3/c1-24-12-21(17-4-2-16(3-5-17)13-27-29)23-19-9-11-30-14-18(19)6-7-20(23)22(24)8-10-25(24,28)15-26/h2-5,13-14,20-22,28-29H,6-12,15H2,1H3/t20?,21-,22?,24+,25-/m1/s1. The molecule has 1 aliphatic heterocycles. The Balaban J connectivity index is 1.65. The van der Waals surface area contributed by atoms with Crippen LogP contribution in [0.25, 0.3) is 0 Å². The van der Waals surface area contributed by atoms with Crippen LogP contribution in [0.5, 0.6) is 0 Å². The highest BCUT2D eigenvalue weighted by molar-refractivity contribution is 6.18. The lowest BCUT2D eigenvalue weighted by atomic mass is 9.51.